The summed E-state index contributed by atoms with van der Waals surface area (Å²) in [6, 6.07) is 3.62. The Kier molecular flexibility index (Phi) is 4.20. The first-order valence-electron chi connectivity index (χ1n) is 9.56. The van der Waals surface area contributed by atoms with Crippen LogP contribution in [-0.4, -0.2) is 44.1 Å². The number of nitrogens with zero attached hydrogens (tertiary/aromatic N) is 4. The van der Waals surface area contributed by atoms with Gasteiger partial charge in [-0.15, -0.1) is 0 Å². The molecule has 1 saturated heterocycles. The van der Waals surface area contributed by atoms with Crippen LogP contribution in [0.1, 0.15) is 52.1 Å². The Morgan fingerprint density at radius 3 is 3.11 bits per heavy atom. The van der Waals surface area contributed by atoms with Crippen molar-refractivity contribution in [3.63, 3.8) is 0 Å². The first-order chi connectivity index (χ1) is 13.7. The van der Waals surface area contributed by atoms with Crippen LogP contribution in [-0.2, 0) is 17.7 Å². The molecule has 1 N–H and O–H groups in total. The number of amides is 1. The number of aryl methyl sites for hydroxylation is 1. The van der Waals surface area contributed by atoms with Crippen molar-refractivity contribution in [3.8, 4) is 11.4 Å². The number of aromatic amines is 1. The van der Waals surface area contributed by atoms with E-state index in [1.807, 2.05) is 24.1 Å². The number of nitrogens with one attached hydrogen (secondary N) is 1. The number of aromatic nitrogens is 4. The highest BCUT2D eigenvalue weighted by molar-refractivity contribution is 5.92. The third-order valence-electron chi connectivity index (χ3n) is 5.44. The molecular formula is C20H21N5O3. The number of rotatable bonds is 3. The average molecular weight is 379 g/mol. The van der Waals surface area contributed by atoms with E-state index in [2.05, 4.69) is 20.1 Å². The van der Waals surface area contributed by atoms with Gasteiger partial charge in [-0.05, 0) is 49.4 Å². The van der Waals surface area contributed by atoms with Crippen LogP contribution in [0.3, 0.4) is 0 Å². The summed E-state index contributed by atoms with van der Waals surface area (Å²) in [6.45, 7) is 3.84. The number of ether oxygens (including phenoxy) is 1. The summed E-state index contributed by atoms with van der Waals surface area (Å²) in [5, 5.41) is 4.20. The Hall–Kier alpha value is -3.00. The fourth-order valence-electron chi connectivity index (χ4n) is 3.99. The molecule has 5 heterocycles. The molecule has 1 amide bonds. The lowest BCUT2D eigenvalue weighted by atomic mass is 9.94. The molecule has 2 aliphatic heterocycles. The second-order valence-corrected chi connectivity index (χ2v) is 7.24. The van der Waals surface area contributed by atoms with Gasteiger partial charge in [-0.25, -0.2) is 0 Å². The maximum Gasteiger partial charge on any atom is 0.270 e. The van der Waals surface area contributed by atoms with E-state index in [1.165, 1.54) is 0 Å². The van der Waals surface area contributed by atoms with Crippen LogP contribution in [0.15, 0.2) is 29.0 Å². The maximum atomic E-state index is 12.7. The van der Waals surface area contributed by atoms with Crippen molar-refractivity contribution in [1.29, 1.82) is 0 Å². The molecule has 0 spiro atoms. The number of H-pyrrole nitrogens is 1. The molecule has 1 atom stereocenters. The summed E-state index contributed by atoms with van der Waals surface area (Å²) in [4.78, 5) is 26.6. The minimum Gasteiger partial charge on any atom is -0.368 e. The van der Waals surface area contributed by atoms with E-state index in [-0.39, 0.29) is 12.0 Å². The smallest absolute Gasteiger partial charge is 0.270 e. The van der Waals surface area contributed by atoms with E-state index in [9.17, 15) is 4.79 Å². The molecule has 3 aromatic rings. The van der Waals surface area contributed by atoms with Gasteiger partial charge in [0.15, 0.2) is 0 Å². The second-order valence-electron chi connectivity index (χ2n) is 7.24. The lowest BCUT2D eigenvalue weighted by Gasteiger charge is -2.29. The maximum absolute atomic E-state index is 12.7. The Morgan fingerprint density at radius 1 is 1.39 bits per heavy atom. The van der Waals surface area contributed by atoms with Crippen LogP contribution in [0.2, 0.25) is 0 Å². The zero-order valence-electron chi connectivity index (χ0n) is 15.6. The summed E-state index contributed by atoms with van der Waals surface area (Å²) in [5.41, 5.74) is 4.54. The highest BCUT2D eigenvalue weighted by Crippen LogP contribution is 2.33. The highest BCUT2D eigenvalue weighted by Gasteiger charge is 2.29. The van der Waals surface area contributed by atoms with Crippen LogP contribution in [0.4, 0.5) is 0 Å². The fraction of sp³-hybridized carbons (Fsp3) is 0.400. The van der Waals surface area contributed by atoms with Crippen LogP contribution < -0.4 is 0 Å². The third kappa shape index (κ3) is 2.90. The molecule has 1 fully saturated rings. The Bertz CT molecular complexity index is 1010. The molecule has 0 bridgehead atoms. The average Bonchev–Trinajstić information content (AvgIpc) is 3.49. The van der Waals surface area contributed by atoms with Crippen LogP contribution in [0, 0.1) is 6.92 Å². The van der Waals surface area contributed by atoms with E-state index in [1.54, 1.807) is 12.3 Å². The molecule has 3 aromatic heterocycles. The quantitative estimate of drug-likeness (QED) is 0.752. The standard InChI is InChI=1S/C20H21N5O3/c1-12-17(18-23-19(28-24-18)16-5-3-9-27-16)14-6-8-25(11-13(14)10-22-12)20(26)15-4-2-7-21-15/h2,4,7,10,16,21H,3,5-6,8-9,11H2,1H3. The van der Waals surface area contributed by atoms with E-state index < -0.39 is 0 Å². The van der Waals surface area contributed by atoms with Crippen molar-refractivity contribution < 1.29 is 14.1 Å². The number of pyridine rings is 1. The summed E-state index contributed by atoms with van der Waals surface area (Å²) >= 11 is 0. The van der Waals surface area contributed by atoms with Gasteiger partial charge in [0, 0.05) is 43.3 Å². The normalized spacial score (nSPS) is 19.0. The van der Waals surface area contributed by atoms with Crippen molar-refractivity contribution in [2.75, 3.05) is 13.2 Å². The molecule has 2 aliphatic rings. The van der Waals surface area contributed by atoms with Gasteiger partial charge in [-0.1, -0.05) is 5.16 Å². The fourth-order valence-corrected chi connectivity index (χ4v) is 3.99. The van der Waals surface area contributed by atoms with Crippen molar-refractivity contribution in [2.24, 2.45) is 0 Å². The number of carbonyl (C=O) groups excluding carboxylic acids is 1. The van der Waals surface area contributed by atoms with E-state index in [0.717, 1.165) is 48.3 Å². The van der Waals surface area contributed by atoms with Crippen LogP contribution in [0.5, 0.6) is 0 Å². The summed E-state index contributed by atoms with van der Waals surface area (Å²) < 4.78 is 11.1. The van der Waals surface area contributed by atoms with Gasteiger partial charge in [0.05, 0.1) is 0 Å². The largest absolute Gasteiger partial charge is 0.368 e. The number of carbonyl (C=O) groups is 1. The minimum absolute atomic E-state index is 0.00185. The summed E-state index contributed by atoms with van der Waals surface area (Å²) in [6.07, 6.45) is 6.14. The van der Waals surface area contributed by atoms with Gasteiger partial charge in [0.1, 0.15) is 11.8 Å². The monoisotopic (exact) mass is 379 g/mol. The first-order valence-corrected chi connectivity index (χ1v) is 9.56. The van der Waals surface area contributed by atoms with Crippen molar-refractivity contribution in [3.05, 3.63) is 52.9 Å². The van der Waals surface area contributed by atoms with Crippen molar-refractivity contribution in [2.45, 2.75) is 38.8 Å². The number of hydrogen-bond acceptors (Lipinski definition) is 6. The summed E-state index contributed by atoms with van der Waals surface area (Å²) in [7, 11) is 0. The van der Waals surface area contributed by atoms with Gasteiger partial charge in [-0.3, -0.25) is 9.78 Å². The van der Waals surface area contributed by atoms with Crippen LogP contribution >= 0.6 is 0 Å². The molecule has 8 nitrogen and oxygen atoms in total. The molecule has 28 heavy (non-hydrogen) atoms. The molecule has 0 saturated carbocycles. The van der Waals surface area contributed by atoms with E-state index >= 15 is 0 Å². The first kappa shape index (κ1) is 17.1. The third-order valence-corrected chi connectivity index (χ3v) is 5.44. The van der Waals surface area contributed by atoms with Gasteiger partial charge < -0.3 is 19.1 Å². The minimum atomic E-state index is -0.108. The molecule has 0 aromatic carbocycles. The number of hydrogen-bond donors (Lipinski definition) is 1. The van der Waals surface area contributed by atoms with Gasteiger partial charge in [0.2, 0.25) is 5.82 Å². The highest BCUT2D eigenvalue weighted by atomic mass is 16.5. The molecule has 1 unspecified atom stereocenters. The number of fused-ring (bicyclic) bond motifs is 1. The SMILES string of the molecule is Cc1ncc2c(c1-c1noc(C3CCCO3)n1)CCN(C(=O)c1ccc[nH]1)C2. The molecule has 0 radical (unpaired) electrons. The van der Waals surface area contributed by atoms with Gasteiger partial charge >= 0.3 is 0 Å². The predicted molar refractivity (Wildman–Crippen MR) is 99.4 cm³/mol. The molecular weight excluding hydrogens is 358 g/mol. The summed E-state index contributed by atoms with van der Waals surface area (Å²) in [5.74, 6) is 1.08. The molecule has 0 aliphatic carbocycles. The van der Waals surface area contributed by atoms with E-state index in [4.69, 9.17) is 9.26 Å². The Morgan fingerprint density at radius 2 is 2.32 bits per heavy atom. The van der Waals surface area contributed by atoms with Gasteiger partial charge in [-0.2, -0.15) is 4.98 Å². The zero-order chi connectivity index (χ0) is 19.1. The molecule has 8 heteroatoms. The Balaban J connectivity index is 1.45. The Labute approximate surface area is 161 Å². The lowest BCUT2D eigenvalue weighted by Crippen LogP contribution is -2.36. The lowest BCUT2D eigenvalue weighted by molar-refractivity contribution is 0.0729. The second kappa shape index (κ2) is 6.87. The molecule has 5 rings (SSSR count). The zero-order valence-corrected chi connectivity index (χ0v) is 15.6. The van der Waals surface area contributed by atoms with Crippen LogP contribution in [0.25, 0.3) is 11.4 Å². The predicted octanol–water partition coefficient (Wildman–Crippen LogP) is 2.82. The van der Waals surface area contributed by atoms with Crippen molar-refractivity contribution in [1.82, 2.24) is 25.0 Å². The topological polar surface area (TPSA) is 97.1 Å². The van der Waals surface area contributed by atoms with E-state index in [0.29, 0.717) is 30.5 Å². The molecule has 144 valence electrons. The van der Waals surface area contributed by atoms with Gasteiger partial charge in [0.25, 0.3) is 11.8 Å². The van der Waals surface area contributed by atoms with Crippen molar-refractivity contribution >= 4 is 5.91 Å².